The number of non-ortho nitro benzene ring substituents is 1. The second-order valence-electron chi connectivity index (χ2n) is 10.0. The molecule has 14 heteroatoms. The summed E-state index contributed by atoms with van der Waals surface area (Å²) in [7, 11) is 7.00. The summed E-state index contributed by atoms with van der Waals surface area (Å²) in [5.74, 6) is 0.120. The maximum Gasteiger partial charge on any atom is 0.346 e. The molecular formula is C21H30I2N4O7S. The van der Waals surface area contributed by atoms with E-state index in [2.05, 4.69) is 0 Å². The van der Waals surface area contributed by atoms with Crippen molar-refractivity contribution in [2.24, 2.45) is 0 Å². The summed E-state index contributed by atoms with van der Waals surface area (Å²) in [6.07, 6.45) is 0. The summed E-state index contributed by atoms with van der Waals surface area (Å²) in [5, 5.41) is 22.5. The van der Waals surface area contributed by atoms with E-state index in [1.807, 2.05) is 61.3 Å². The monoisotopic (exact) mass is 736 g/mol. The second kappa shape index (κ2) is 12.1. The number of aryl methyl sites for hydroxylation is 1. The number of benzene rings is 2. The molecule has 0 N–H and O–H groups in total. The molecule has 0 fully saturated rings. The van der Waals surface area contributed by atoms with Crippen LogP contribution in [0.1, 0.15) is 16.7 Å². The van der Waals surface area contributed by atoms with Crippen molar-refractivity contribution in [3.8, 4) is 5.75 Å². The molecule has 0 spiro atoms. The van der Waals surface area contributed by atoms with Gasteiger partial charge in [0, 0.05) is 6.07 Å². The van der Waals surface area contributed by atoms with E-state index < -0.39 is 36.2 Å². The van der Waals surface area contributed by atoms with Gasteiger partial charge < -0.3 is 61.1 Å². The lowest BCUT2D eigenvalue weighted by Gasteiger charge is -2.28. The first kappa shape index (κ1) is 33.4. The summed E-state index contributed by atoms with van der Waals surface area (Å²) in [6, 6.07) is 6.01. The van der Waals surface area contributed by atoms with Gasteiger partial charge in [-0.15, -0.1) is 0 Å². The van der Waals surface area contributed by atoms with E-state index in [4.69, 9.17) is 4.18 Å². The number of hydrogen-bond acceptors (Lipinski definition) is 7. The second-order valence-corrected chi connectivity index (χ2v) is 11.5. The van der Waals surface area contributed by atoms with Gasteiger partial charge in [-0.05, 0) is 30.7 Å². The quantitative estimate of drug-likeness (QED) is 0.0884. The molecule has 0 bridgehead atoms. The van der Waals surface area contributed by atoms with Gasteiger partial charge in [0.2, 0.25) is 0 Å². The molecule has 2 rings (SSSR count). The third-order valence-electron chi connectivity index (χ3n) is 4.49. The minimum Gasteiger partial charge on any atom is -1.00 e. The molecule has 2 aromatic rings. The van der Waals surface area contributed by atoms with Crippen molar-refractivity contribution in [3.05, 3.63) is 67.3 Å². The molecule has 0 aromatic heterocycles. The minimum absolute atomic E-state index is 0. The normalized spacial score (nSPS) is 11.7. The summed E-state index contributed by atoms with van der Waals surface area (Å²) < 4.78 is 33.0. The van der Waals surface area contributed by atoms with Gasteiger partial charge in [-0.1, -0.05) is 0 Å². The Morgan fingerprint density at radius 3 is 1.66 bits per heavy atom. The van der Waals surface area contributed by atoms with Crippen molar-refractivity contribution in [2.75, 3.05) is 42.3 Å². The van der Waals surface area contributed by atoms with Crippen molar-refractivity contribution in [3.63, 3.8) is 0 Å². The predicted molar refractivity (Wildman–Crippen MR) is 122 cm³/mol. The van der Waals surface area contributed by atoms with E-state index >= 15 is 0 Å². The van der Waals surface area contributed by atoms with Crippen molar-refractivity contribution >= 4 is 21.5 Å². The van der Waals surface area contributed by atoms with Crippen LogP contribution in [0, 0.1) is 27.2 Å². The van der Waals surface area contributed by atoms with Crippen molar-refractivity contribution in [2.45, 2.75) is 24.9 Å². The van der Waals surface area contributed by atoms with Gasteiger partial charge in [0.1, 0.15) is 13.1 Å². The van der Waals surface area contributed by atoms with Crippen LogP contribution in [0.25, 0.3) is 0 Å². The standard InChI is InChI=1S/C21H30N4O7S.2HI/c1-15-10-16(13-24(2,3)4)21(17(11-15)14-25(5,6)7)32-33(30,31)20-9-8-18(22(26)27)12-19(20)23(28)29;;/h8-12H,13-14H2,1-7H3;2*1H/q+2;;/p-2. The van der Waals surface area contributed by atoms with Gasteiger partial charge in [0.15, 0.2) is 10.6 Å². The minimum atomic E-state index is -4.68. The molecule has 0 heterocycles. The molecule has 11 nitrogen and oxygen atoms in total. The van der Waals surface area contributed by atoms with Gasteiger partial charge in [0.05, 0.1) is 69.3 Å². The Labute approximate surface area is 239 Å². The summed E-state index contributed by atoms with van der Waals surface area (Å²) in [6.45, 7) is 2.79. The van der Waals surface area contributed by atoms with Crippen LogP contribution in [-0.2, 0) is 23.2 Å². The molecule has 0 saturated heterocycles. The third kappa shape index (κ3) is 9.40. The molecule has 196 valence electrons. The lowest BCUT2D eigenvalue weighted by atomic mass is 10.0. The van der Waals surface area contributed by atoms with Crippen LogP contribution in [0.4, 0.5) is 11.4 Å². The molecule has 0 atom stereocenters. The van der Waals surface area contributed by atoms with Gasteiger partial charge in [0.25, 0.3) is 11.4 Å². The van der Waals surface area contributed by atoms with E-state index in [1.54, 1.807) is 0 Å². The highest BCUT2D eigenvalue weighted by Crippen LogP contribution is 2.35. The van der Waals surface area contributed by atoms with Crippen molar-refractivity contribution in [1.29, 1.82) is 0 Å². The van der Waals surface area contributed by atoms with Crippen LogP contribution in [0.15, 0.2) is 35.2 Å². The SMILES string of the molecule is Cc1cc(C[N+](C)(C)C)c(OS(=O)(=O)c2ccc([N+](=O)[O-])cc2[N+](=O)[O-])c(C[N+](C)(C)C)c1.[I-].[I-]. The van der Waals surface area contributed by atoms with Crippen LogP contribution in [-0.4, -0.2) is 69.5 Å². The number of rotatable bonds is 9. The first-order chi connectivity index (χ1) is 14.9. The van der Waals surface area contributed by atoms with Crippen LogP contribution in [0.2, 0.25) is 0 Å². The van der Waals surface area contributed by atoms with Crippen LogP contribution in [0.3, 0.4) is 0 Å². The fraction of sp³-hybridized carbons (Fsp3) is 0.429. The maximum atomic E-state index is 13.2. The first-order valence-corrected chi connectivity index (χ1v) is 11.4. The van der Waals surface area contributed by atoms with Gasteiger partial charge >= 0.3 is 10.1 Å². The Balaban J connectivity index is 0.00000578. The van der Waals surface area contributed by atoms with Gasteiger partial charge in [-0.3, -0.25) is 20.2 Å². The molecule has 0 amide bonds. The molecule has 0 unspecified atom stereocenters. The van der Waals surface area contributed by atoms with Crippen molar-refractivity contribution < 1.29 is 79.4 Å². The van der Waals surface area contributed by atoms with Crippen molar-refractivity contribution in [1.82, 2.24) is 0 Å². The molecule has 0 radical (unpaired) electrons. The van der Waals surface area contributed by atoms with E-state index in [9.17, 15) is 28.6 Å². The average molecular weight is 736 g/mol. The Hall–Kier alpha value is -1.63. The summed E-state index contributed by atoms with van der Waals surface area (Å²) in [5.41, 5.74) is 0.691. The van der Waals surface area contributed by atoms with Crippen LogP contribution < -0.4 is 52.1 Å². The van der Waals surface area contributed by atoms with E-state index in [-0.39, 0.29) is 53.7 Å². The predicted octanol–water partition coefficient (Wildman–Crippen LogP) is -3.00. The molecule has 35 heavy (non-hydrogen) atoms. The number of nitro groups is 2. The molecule has 0 aliphatic rings. The number of hydrogen-bond donors (Lipinski definition) is 0. The molecular weight excluding hydrogens is 706 g/mol. The molecule has 0 saturated carbocycles. The Morgan fingerprint density at radius 2 is 1.29 bits per heavy atom. The number of halogens is 2. The Bertz CT molecular complexity index is 1170. The topological polar surface area (TPSA) is 130 Å². The van der Waals surface area contributed by atoms with Crippen LogP contribution >= 0.6 is 0 Å². The zero-order valence-corrected chi connectivity index (χ0v) is 25.7. The lowest BCUT2D eigenvalue weighted by molar-refractivity contribution is -0.884. The number of nitro benzene ring substituents is 2. The Morgan fingerprint density at radius 1 is 0.829 bits per heavy atom. The third-order valence-corrected chi connectivity index (χ3v) is 5.76. The smallest absolute Gasteiger partial charge is 0.346 e. The highest BCUT2D eigenvalue weighted by molar-refractivity contribution is 7.87. The molecule has 0 aliphatic carbocycles. The average Bonchev–Trinajstić information content (AvgIpc) is 2.61. The number of quaternary nitrogens is 2. The maximum absolute atomic E-state index is 13.2. The Kier molecular flexibility index (Phi) is 11.5. The lowest BCUT2D eigenvalue weighted by Crippen LogP contribution is -3.00. The fourth-order valence-electron chi connectivity index (χ4n) is 3.42. The fourth-order valence-corrected chi connectivity index (χ4v) is 4.57. The molecule has 2 aromatic carbocycles. The number of nitrogens with zero attached hydrogens (tertiary/aromatic N) is 4. The highest BCUT2D eigenvalue weighted by Gasteiger charge is 2.33. The first-order valence-electron chi connectivity index (χ1n) is 10.0. The van der Waals surface area contributed by atoms with E-state index in [0.717, 1.165) is 17.7 Å². The largest absolute Gasteiger partial charge is 1.00 e. The molecule has 0 aliphatic heterocycles. The zero-order chi connectivity index (χ0) is 25.4. The zero-order valence-electron chi connectivity index (χ0n) is 20.6. The van der Waals surface area contributed by atoms with Crippen LogP contribution in [0.5, 0.6) is 5.75 Å². The van der Waals surface area contributed by atoms with Gasteiger partial charge in [-0.2, -0.15) is 8.42 Å². The van der Waals surface area contributed by atoms with E-state index in [1.165, 1.54) is 0 Å². The summed E-state index contributed by atoms with van der Waals surface area (Å²) >= 11 is 0. The van der Waals surface area contributed by atoms with E-state index in [0.29, 0.717) is 39.2 Å². The van der Waals surface area contributed by atoms with Gasteiger partial charge in [-0.25, -0.2) is 0 Å². The highest BCUT2D eigenvalue weighted by atomic mass is 127. The summed E-state index contributed by atoms with van der Waals surface area (Å²) in [4.78, 5) is 20.0.